The van der Waals surface area contributed by atoms with Crippen LogP contribution in [0.1, 0.15) is 39.0 Å². The molecule has 16 heavy (non-hydrogen) atoms. The van der Waals surface area contributed by atoms with Crippen LogP contribution in [-0.4, -0.2) is 18.9 Å². The quantitative estimate of drug-likeness (QED) is 0.532. The molecule has 3 nitrogen and oxygen atoms in total. The van der Waals surface area contributed by atoms with Crippen molar-refractivity contribution in [2.45, 2.75) is 39.0 Å². The Balaban J connectivity index is 2.52. The number of ketones is 1. The Bertz CT molecular complexity index is 281. The molecule has 1 saturated carbocycles. The van der Waals surface area contributed by atoms with E-state index in [4.69, 9.17) is 0 Å². The topological polar surface area (TPSA) is 43.4 Å². The summed E-state index contributed by atoms with van der Waals surface area (Å²) in [5.41, 5.74) is 0. The summed E-state index contributed by atoms with van der Waals surface area (Å²) in [5.74, 6) is 0.308. The predicted octanol–water partition coefficient (Wildman–Crippen LogP) is 2.50. The van der Waals surface area contributed by atoms with Crippen LogP contribution in [0.2, 0.25) is 0 Å². The first-order chi connectivity index (χ1) is 7.69. The minimum atomic E-state index is -0.204. The fourth-order valence-electron chi connectivity index (χ4n) is 2.25. The van der Waals surface area contributed by atoms with Crippen molar-refractivity contribution in [2.24, 2.45) is 11.8 Å². The molecule has 3 heteroatoms. The van der Waals surface area contributed by atoms with E-state index in [1.807, 2.05) is 0 Å². The zero-order valence-corrected chi connectivity index (χ0v) is 10.1. The number of allylic oxidation sites excluding steroid dienone is 2. The molecule has 1 fully saturated rings. The van der Waals surface area contributed by atoms with Gasteiger partial charge in [0.05, 0.1) is 7.11 Å². The number of carbonyl (C=O) groups is 2. The van der Waals surface area contributed by atoms with Gasteiger partial charge in [-0.05, 0) is 25.2 Å². The average molecular weight is 224 g/mol. The molecule has 0 aromatic carbocycles. The maximum absolute atomic E-state index is 11.7. The van der Waals surface area contributed by atoms with Gasteiger partial charge in [0.15, 0.2) is 0 Å². The van der Waals surface area contributed by atoms with Crippen LogP contribution in [0.15, 0.2) is 12.2 Å². The van der Waals surface area contributed by atoms with E-state index in [2.05, 4.69) is 23.8 Å². The Kier molecular flexibility index (Phi) is 5.23. The Morgan fingerprint density at radius 3 is 2.88 bits per heavy atom. The first kappa shape index (κ1) is 12.9. The summed E-state index contributed by atoms with van der Waals surface area (Å²) in [6, 6.07) is 0. The lowest BCUT2D eigenvalue weighted by Crippen LogP contribution is -2.18. The maximum Gasteiger partial charge on any atom is 0.305 e. The van der Waals surface area contributed by atoms with Gasteiger partial charge in [0.25, 0.3) is 0 Å². The normalized spacial score (nSPS) is 25.2. The summed E-state index contributed by atoms with van der Waals surface area (Å²) in [4.78, 5) is 22.9. The summed E-state index contributed by atoms with van der Waals surface area (Å²) >= 11 is 0. The first-order valence-corrected chi connectivity index (χ1v) is 5.93. The third-order valence-corrected chi connectivity index (χ3v) is 3.19. The summed E-state index contributed by atoms with van der Waals surface area (Å²) in [6.45, 7) is 2.07. The number of carbonyl (C=O) groups excluding carboxylic acids is 2. The Labute approximate surface area is 96.9 Å². The molecular formula is C13H20O3. The number of rotatable bonds is 5. The summed E-state index contributed by atoms with van der Waals surface area (Å²) in [5, 5.41) is 0. The van der Waals surface area contributed by atoms with Gasteiger partial charge in [-0.3, -0.25) is 9.59 Å². The lowest BCUT2D eigenvalue weighted by Gasteiger charge is -2.15. The Hall–Kier alpha value is -1.12. The van der Waals surface area contributed by atoms with Gasteiger partial charge in [-0.25, -0.2) is 0 Å². The third kappa shape index (κ3) is 3.47. The molecule has 0 amide bonds. The molecule has 0 saturated heterocycles. The van der Waals surface area contributed by atoms with Crippen LogP contribution in [0.4, 0.5) is 0 Å². The third-order valence-electron chi connectivity index (χ3n) is 3.19. The molecule has 0 spiro atoms. The number of Topliss-reactive ketones (excluding diaryl/α,β-unsaturated/α-hetero) is 1. The minimum absolute atomic E-state index is 0.0295. The lowest BCUT2D eigenvalue weighted by atomic mass is 9.89. The van der Waals surface area contributed by atoms with Gasteiger partial charge >= 0.3 is 5.97 Å². The number of hydrogen-bond acceptors (Lipinski definition) is 3. The van der Waals surface area contributed by atoms with Crippen molar-refractivity contribution in [3.05, 3.63) is 12.2 Å². The minimum Gasteiger partial charge on any atom is -0.469 e. The zero-order valence-electron chi connectivity index (χ0n) is 10.1. The van der Waals surface area contributed by atoms with E-state index >= 15 is 0 Å². The second-order valence-electron chi connectivity index (χ2n) is 4.27. The molecule has 90 valence electrons. The fourth-order valence-corrected chi connectivity index (χ4v) is 2.25. The highest BCUT2D eigenvalue weighted by Crippen LogP contribution is 2.34. The zero-order chi connectivity index (χ0) is 12.0. The van der Waals surface area contributed by atoms with Gasteiger partial charge in [-0.1, -0.05) is 19.1 Å². The molecule has 1 aliphatic rings. The van der Waals surface area contributed by atoms with Crippen LogP contribution in [0.3, 0.4) is 0 Å². The van der Waals surface area contributed by atoms with Gasteiger partial charge in [0.2, 0.25) is 0 Å². The molecular weight excluding hydrogens is 204 g/mol. The van der Waals surface area contributed by atoms with Gasteiger partial charge < -0.3 is 4.74 Å². The average Bonchev–Trinajstić information content (AvgIpc) is 2.61. The van der Waals surface area contributed by atoms with Crippen LogP contribution in [0.25, 0.3) is 0 Å². The largest absolute Gasteiger partial charge is 0.469 e. The molecule has 1 rings (SSSR count). The monoisotopic (exact) mass is 224 g/mol. The first-order valence-electron chi connectivity index (χ1n) is 5.93. The molecule has 0 radical (unpaired) electrons. The molecule has 0 aromatic rings. The predicted molar refractivity (Wildman–Crippen MR) is 61.9 cm³/mol. The maximum atomic E-state index is 11.7. The number of esters is 1. The number of methoxy groups -OCH3 is 1. The van der Waals surface area contributed by atoms with Gasteiger partial charge in [-0.2, -0.15) is 0 Å². The van der Waals surface area contributed by atoms with Crippen LogP contribution < -0.4 is 0 Å². The molecule has 1 aliphatic carbocycles. The lowest BCUT2D eigenvalue weighted by molar-refractivity contribution is -0.142. The molecule has 0 unspecified atom stereocenters. The van der Waals surface area contributed by atoms with Crippen molar-refractivity contribution in [1.82, 2.24) is 0 Å². The molecule has 0 bridgehead atoms. The van der Waals surface area contributed by atoms with Crippen LogP contribution in [0.5, 0.6) is 0 Å². The number of hydrogen-bond donors (Lipinski definition) is 0. The smallest absolute Gasteiger partial charge is 0.305 e. The fraction of sp³-hybridized carbons (Fsp3) is 0.692. The highest BCUT2D eigenvalue weighted by atomic mass is 16.5. The molecule has 0 aromatic heterocycles. The van der Waals surface area contributed by atoms with Crippen LogP contribution in [0, 0.1) is 11.8 Å². The highest BCUT2D eigenvalue weighted by molar-refractivity contribution is 5.84. The second-order valence-corrected chi connectivity index (χ2v) is 4.27. The SMILES string of the molecule is CC/C=C/C[C@H]1C(=O)CC[C@H]1CC(=O)OC. The van der Waals surface area contributed by atoms with E-state index in [-0.39, 0.29) is 17.8 Å². The summed E-state index contributed by atoms with van der Waals surface area (Å²) < 4.78 is 4.65. The highest BCUT2D eigenvalue weighted by Gasteiger charge is 2.34. The molecule has 0 N–H and O–H groups in total. The molecule has 0 aliphatic heterocycles. The van der Waals surface area contributed by atoms with Crippen molar-refractivity contribution < 1.29 is 14.3 Å². The van der Waals surface area contributed by atoms with Crippen LogP contribution in [-0.2, 0) is 14.3 Å². The van der Waals surface area contributed by atoms with E-state index in [1.54, 1.807) is 0 Å². The van der Waals surface area contributed by atoms with E-state index in [0.717, 1.165) is 19.3 Å². The van der Waals surface area contributed by atoms with Crippen molar-refractivity contribution in [1.29, 1.82) is 0 Å². The molecule has 2 atom stereocenters. The van der Waals surface area contributed by atoms with Gasteiger partial charge in [-0.15, -0.1) is 0 Å². The Morgan fingerprint density at radius 1 is 1.50 bits per heavy atom. The second kappa shape index (κ2) is 6.46. The molecule has 0 heterocycles. The van der Waals surface area contributed by atoms with Crippen molar-refractivity contribution in [3.8, 4) is 0 Å². The van der Waals surface area contributed by atoms with E-state index in [9.17, 15) is 9.59 Å². The standard InChI is InChI=1S/C13H20O3/c1-3-4-5-6-11-10(7-8-12(11)14)9-13(15)16-2/h4-5,10-11H,3,6-9H2,1-2H3/b5-4+/t10-,11+/m0/s1. The van der Waals surface area contributed by atoms with Gasteiger partial charge in [0, 0.05) is 18.8 Å². The van der Waals surface area contributed by atoms with Gasteiger partial charge in [0.1, 0.15) is 5.78 Å². The Morgan fingerprint density at radius 2 is 2.25 bits per heavy atom. The summed E-state index contributed by atoms with van der Waals surface area (Å²) in [7, 11) is 1.39. The van der Waals surface area contributed by atoms with E-state index in [0.29, 0.717) is 18.6 Å². The van der Waals surface area contributed by atoms with E-state index < -0.39 is 0 Å². The number of ether oxygens (including phenoxy) is 1. The van der Waals surface area contributed by atoms with Crippen molar-refractivity contribution in [2.75, 3.05) is 7.11 Å². The van der Waals surface area contributed by atoms with Crippen molar-refractivity contribution in [3.63, 3.8) is 0 Å². The van der Waals surface area contributed by atoms with Crippen LogP contribution >= 0.6 is 0 Å². The summed E-state index contributed by atoms with van der Waals surface area (Å²) in [6.07, 6.45) is 7.72. The van der Waals surface area contributed by atoms with E-state index in [1.165, 1.54) is 7.11 Å². The van der Waals surface area contributed by atoms with Crippen molar-refractivity contribution >= 4 is 11.8 Å².